The van der Waals surface area contributed by atoms with Crippen molar-refractivity contribution in [1.82, 2.24) is 0 Å². The van der Waals surface area contributed by atoms with E-state index >= 15 is 0 Å². The summed E-state index contributed by atoms with van der Waals surface area (Å²) in [6, 6.07) is 6.24. The Hall–Kier alpha value is -0.940. The van der Waals surface area contributed by atoms with E-state index in [-0.39, 0.29) is 0 Å². The van der Waals surface area contributed by atoms with Crippen molar-refractivity contribution in [3.8, 4) is 0 Å². The number of hydrogen-bond acceptors (Lipinski definition) is 3. The number of nitrogens with two attached hydrogens (primary N) is 1. The average Bonchev–Trinajstić information content (AvgIpc) is 2.26. The summed E-state index contributed by atoms with van der Waals surface area (Å²) in [6.07, 6.45) is 2.62. The lowest BCUT2D eigenvalue weighted by Crippen LogP contribution is -2.18. The van der Waals surface area contributed by atoms with Crippen molar-refractivity contribution >= 4 is 33.7 Å². The van der Waals surface area contributed by atoms with E-state index in [1.165, 1.54) is 0 Å². The topological polar surface area (TPSA) is 55.1 Å². The molecule has 1 aromatic rings. The Labute approximate surface area is 117 Å². The van der Waals surface area contributed by atoms with Crippen molar-refractivity contribution in [2.75, 3.05) is 17.3 Å². The largest absolute Gasteiger partial charge is 0.389 e. The van der Waals surface area contributed by atoms with Crippen LogP contribution < -0.4 is 11.1 Å². The standard InChI is InChI=1S/C13H20N2OS2/c1-9-8-11(4-5-12(9)13(14)17)15-10(2)6-7-18(3)16/h4-5,8,10,15H,6-7H2,1-3H3,(H2,14,17). The van der Waals surface area contributed by atoms with Gasteiger partial charge in [-0.2, -0.15) is 0 Å². The number of benzene rings is 1. The highest BCUT2D eigenvalue weighted by molar-refractivity contribution is 7.84. The Balaban J connectivity index is 2.65. The fraction of sp³-hybridized carbons (Fsp3) is 0.462. The van der Waals surface area contributed by atoms with Crippen molar-refractivity contribution in [1.29, 1.82) is 0 Å². The van der Waals surface area contributed by atoms with Crippen LogP contribution in [0.25, 0.3) is 0 Å². The third kappa shape index (κ3) is 4.74. The van der Waals surface area contributed by atoms with E-state index < -0.39 is 10.8 Å². The molecule has 2 unspecified atom stereocenters. The van der Waals surface area contributed by atoms with Crippen molar-refractivity contribution in [2.45, 2.75) is 26.3 Å². The van der Waals surface area contributed by atoms with E-state index in [1.54, 1.807) is 6.26 Å². The second-order valence-corrected chi connectivity index (χ2v) is 6.50. The summed E-state index contributed by atoms with van der Waals surface area (Å²) in [7, 11) is -0.732. The zero-order valence-corrected chi connectivity index (χ0v) is 12.7. The average molecular weight is 284 g/mol. The molecule has 0 saturated heterocycles. The van der Waals surface area contributed by atoms with Crippen molar-refractivity contribution in [3.63, 3.8) is 0 Å². The highest BCUT2D eigenvalue weighted by Gasteiger charge is 2.06. The van der Waals surface area contributed by atoms with E-state index in [0.717, 1.165) is 29.0 Å². The molecule has 3 N–H and O–H groups in total. The number of anilines is 1. The van der Waals surface area contributed by atoms with Crippen LogP contribution in [0.2, 0.25) is 0 Å². The van der Waals surface area contributed by atoms with Gasteiger partial charge in [0.1, 0.15) is 4.99 Å². The van der Waals surface area contributed by atoms with Crippen LogP contribution in [0, 0.1) is 6.92 Å². The van der Waals surface area contributed by atoms with E-state index in [1.807, 2.05) is 25.1 Å². The first kappa shape index (κ1) is 15.1. The van der Waals surface area contributed by atoms with Gasteiger partial charge in [-0.15, -0.1) is 0 Å². The zero-order chi connectivity index (χ0) is 13.7. The summed E-state index contributed by atoms with van der Waals surface area (Å²) in [6.45, 7) is 4.08. The lowest BCUT2D eigenvalue weighted by molar-refractivity contribution is 0.678. The van der Waals surface area contributed by atoms with E-state index in [2.05, 4.69) is 12.2 Å². The zero-order valence-electron chi connectivity index (χ0n) is 11.0. The van der Waals surface area contributed by atoms with Gasteiger partial charge in [0.15, 0.2) is 0 Å². The maximum atomic E-state index is 11.0. The van der Waals surface area contributed by atoms with Gasteiger partial charge in [0, 0.05) is 40.1 Å². The van der Waals surface area contributed by atoms with Crippen LogP contribution in [-0.4, -0.2) is 27.2 Å². The third-order valence-corrected chi connectivity index (χ3v) is 3.77. The van der Waals surface area contributed by atoms with Crippen LogP contribution in [0.1, 0.15) is 24.5 Å². The normalized spacial score (nSPS) is 13.9. The molecule has 0 saturated carbocycles. The first-order chi connectivity index (χ1) is 8.40. The second kappa shape index (κ2) is 6.85. The Morgan fingerprint density at radius 3 is 2.72 bits per heavy atom. The maximum absolute atomic E-state index is 11.0. The molecular weight excluding hydrogens is 264 g/mol. The van der Waals surface area contributed by atoms with Crippen molar-refractivity contribution in [2.24, 2.45) is 5.73 Å². The fourth-order valence-corrected chi connectivity index (χ4v) is 2.64. The van der Waals surface area contributed by atoms with Gasteiger partial charge in [0.05, 0.1) is 0 Å². The van der Waals surface area contributed by atoms with Crippen LogP contribution in [0.15, 0.2) is 18.2 Å². The third-order valence-electron chi connectivity index (χ3n) is 2.74. The molecule has 0 spiro atoms. The van der Waals surface area contributed by atoms with Gasteiger partial charge in [0.25, 0.3) is 0 Å². The van der Waals surface area contributed by atoms with Gasteiger partial charge in [-0.3, -0.25) is 4.21 Å². The summed E-state index contributed by atoms with van der Waals surface area (Å²) < 4.78 is 11.0. The Kier molecular flexibility index (Phi) is 5.75. The van der Waals surface area contributed by atoms with Gasteiger partial charge in [-0.1, -0.05) is 12.2 Å². The minimum absolute atomic E-state index is 0.295. The molecule has 0 amide bonds. The van der Waals surface area contributed by atoms with Gasteiger partial charge in [-0.25, -0.2) is 0 Å². The summed E-state index contributed by atoms with van der Waals surface area (Å²) in [5, 5.41) is 3.39. The van der Waals surface area contributed by atoms with Gasteiger partial charge < -0.3 is 11.1 Å². The summed E-state index contributed by atoms with van der Waals surface area (Å²) in [5.41, 5.74) is 8.65. The van der Waals surface area contributed by atoms with Crippen LogP contribution in [-0.2, 0) is 10.8 Å². The molecule has 0 fully saturated rings. The fourth-order valence-electron chi connectivity index (χ4n) is 1.73. The first-order valence-corrected chi connectivity index (χ1v) is 8.00. The minimum Gasteiger partial charge on any atom is -0.389 e. The molecule has 5 heteroatoms. The molecule has 0 heterocycles. The van der Waals surface area contributed by atoms with Crippen LogP contribution in [0.3, 0.4) is 0 Å². The molecule has 0 aromatic heterocycles. The molecule has 3 nitrogen and oxygen atoms in total. The molecule has 0 aliphatic rings. The van der Waals surface area contributed by atoms with Crippen LogP contribution in [0.4, 0.5) is 5.69 Å². The smallest absolute Gasteiger partial charge is 0.104 e. The molecule has 1 rings (SSSR count). The molecule has 0 bridgehead atoms. The highest BCUT2D eigenvalue weighted by atomic mass is 32.2. The van der Waals surface area contributed by atoms with Crippen molar-refractivity contribution in [3.05, 3.63) is 29.3 Å². The molecule has 2 atom stereocenters. The number of rotatable bonds is 6. The predicted molar refractivity (Wildman–Crippen MR) is 83.7 cm³/mol. The number of nitrogens with one attached hydrogen (secondary N) is 1. The predicted octanol–water partition coefficient (Wildman–Crippen LogP) is 2.20. The molecule has 0 aliphatic carbocycles. The second-order valence-electron chi connectivity index (χ2n) is 4.51. The molecule has 18 heavy (non-hydrogen) atoms. The molecule has 1 aromatic carbocycles. The lowest BCUT2D eigenvalue weighted by atomic mass is 10.1. The lowest BCUT2D eigenvalue weighted by Gasteiger charge is -2.16. The Bertz CT molecular complexity index is 460. The molecular formula is C13H20N2OS2. The highest BCUT2D eigenvalue weighted by Crippen LogP contribution is 2.16. The molecule has 0 aliphatic heterocycles. The van der Waals surface area contributed by atoms with E-state index in [9.17, 15) is 4.21 Å². The summed E-state index contributed by atoms with van der Waals surface area (Å²) in [5.74, 6) is 0.720. The van der Waals surface area contributed by atoms with Crippen molar-refractivity contribution < 1.29 is 4.21 Å². The monoisotopic (exact) mass is 284 g/mol. The summed E-state index contributed by atoms with van der Waals surface area (Å²) in [4.78, 5) is 0.425. The van der Waals surface area contributed by atoms with Gasteiger partial charge in [-0.05, 0) is 44.0 Å². The molecule has 0 radical (unpaired) electrons. The number of thiocarbonyl (C=S) groups is 1. The molecule has 100 valence electrons. The quantitative estimate of drug-likeness (QED) is 0.786. The summed E-state index contributed by atoms with van der Waals surface area (Å²) >= 11 is 4.97. The first-order valence-electron chi connectivity index (χ1n) is 5.87. The number of aryl methyl sites for hydroxylation is 1. The Morgan fingerprint density at radius 2 is 2.22 bits per heavy atom. The van der Waals surface area contributed by atoms with E-state index in [4.69, 9.17) is 18.0 Å². The van der Waals surface area contributed by atoms with E-state index in [0.29, 0.717) is 11.0 Å². The minimum atomic E-state index is -0.732. The number of hydrogen-bond donors (Lipinski definition) is 2. The van der Waals surface area contributed by atoms with Gasteiger partial charge in [0.2, 0.25) is 0 Å². The van der Waals surface area contributed by atoms with Crippen LogP contribution in [0.5, 0.6) is 0 Å². The maximum Gasteiger partial charge on any atom is 0.104 e. The Morgan fingerprint density at radius 1 is 1.56 bits per heavy atom. The van der Waals surface area contributed by atoms with Gasteiger partial charge >= 0.3 is 0 Å². The van der Waals surface area contributed by atoms with Crippen LogP contribution >= 0.6 is 12.2 Å². The SMILES string of the molecule is Cc1cc(NC(C)CCS(C)=O)ccc1C(N)=S.